The molecular weight excluding hydrogens is 216 g/mol. The van der Waals surface area contributed by atoms with Gasteiger partial charge in [0, 0.05) is 7.11 Å². The summed E-state index contributed by atoms with van der Waals surface area (Å²) in [5, 5.41) is 3.40. The van der Waals surface area contributed by atoms with E-state index in [2.05, 4.69) is 17.1 Å². The lowest BCUT2D eigenvalue weighted by atomic mass is 10.1. The van der Waals surface area contributed by atoms with Crippen LogP contribution in [-0.2, 0) is 9.53 Å². The molecule has 4 unspecified atom stereocenters. The van der Waals surface area contributed by atoms with E-state index in [-0.39, 0.29) is 30.3 Å². The Bertz CT molecular complexity index is 283. The third kappa shape index (κ3) is 2.33. The minimum atomic E-state index is -0.0374. The topological polar surface area (TPSA) is 41.6 Å². The van der Waals surface area contributed by atoms with E-state index in [0.29, 0.717) is 0 Å². The molecule has 1 N–H and O–H groups in total. The standard InChI is InChI=1S/C13H24N2O2/c1-4-6-12-14-9(2)13(16)15(12)10-7-5-8-11(10)17-3/h9-12,14H,4-8H2,1-3H3. The normalized spacial score (nSPS) is 38.1. The average Bonchev–Trinajstić information content (AvgIpc) is 2.86. The summed E-state index contributed by atoms with van der Waals surface area (Å²) in [6.45, 7) is 4.12. The molecule has 2 aliphatic rings. The molecule has 1 saturated heterocycles. The molecule has 17 heavy (non-hydrogen) atoms. The third-order valence-electron chi connectivity index (χ3n) is 4.04. The van der Waals surface area contributed by atoms with Crippen molar-refractivity contribution in [1.82, 2.24) is 10.2 Å². The van der Waals surface area contributed by atoms with Gasteiger partial charge in [0.25, 0.3) is 0 Å². The second-order valence-corrected chi connectivity index (χ2v) is 5.21. The Kier molecular flexibility index (Phi) is 4.05. The molecule has 4 atom stereocenters. The molecule has 1 aliphatic heterocycles. The Hall–Kier alpha value is -0.610. The van der Waals surface area contributed by atoms with E-state index in [1.54, 1.807) is 7.11 Å². The Morgan fingerprint density at radius 2 is 2.24 bits per heavy atom. The predicted molar refractivity (Wildman–Crippen MR) is 66.6 cm³/mol. The number of methoxy groups -OCH3 is 1. The summed E-state index contributed by atoms with van der Waals surface area (Å²) in [4.78, 5) is 14.3. The fourth-order valence-electron chi connectivity index (χ4n) is 3.21. The number of carbonyl (C=O) groups excluding carboxylic acids is 1. The fourth-order valence-corrected chi connectivity index (χ4v) is 3.21. The van der Waals surface area contributed by atoms with Crippen LogP contribution in [0.1, 0.15) is 46.0 Å². The number of ether oxygens (including phenoxy) is 1. The highest BCUT2D eigenvalue weighted by Crippen LogP contribution is 2.31. The van der Waals surface area contributed by atoms with Gasteiger partial charge in [-0.1, -0.05) is 13.3 Å². The first-order valence-corrected chi connectivity index (χ1v) is 6.80. The van der Waals surface area contributed by atoms with Gasteiger partial charge in [0.1, 0.15) is 0 Å². The maximum Gasteiger partial charge on any atom is 0.241 e. The average molecular weight is 240 g/mol. The zero-order chi connectivity index (χ0) is 12.4. The number of carbonyl (C=O) groups is 1. The number of rotatable bonds is 4. The zero-order valence-corrected chi connectivity index (χ0v) is 11.1. The molecule has 0 spiro atoms. The Labute approximate surface area is 104 Å². The molecule has 0 aromatic rings. The highest BCUT2D eigenvalue weighted by atomic mass is 16.5. The van der Waals surface area contributed by atoms with Crippen LogP contribution in [0.25, 0.3) is 0 Å². The van der Waals surface area contributed by atoms with Crippen molar-refractivity contribution in [2.45, 2.75) is 70.3 Å². The smallest absolute Gasteiger partial charge is 0.241 e. The van der Waals surface area contributed by atoms with Crippen molar-refractivity contribution < 1.29 is 9.53 Å². The van der Waals surface area contributed by atoms with Crippen molar-refractivity contribution in [2.24, 2.45) is 0 Å². The number of hydrogen-bond donors (Lipinski definition) is 1. The molecule has 0 aromatic heterocycles. The number of nitrogens with zero attached hydrogens (tertiary/aromatic N) is 1. The van der Waals surface area contributed by atoms with Crippen LogP contribution in [0, 0.1) is 0 Å². The fraction of sp³-hybridized carbons (Fsp3) is 0.923. The number of nitrogens with one attached hydrogen (secondary N) is 1. The molecule has 0 aromatic carbocycles. The first kappa shape index (κ1) is 12.8. The highest BCUT2D eigenvalue weighted by Gasteiger charge is 2.44. The molecule has 2 fully saturated rings. The molecule has 1 saturated carbocycles. The third-order valence-corrected chi connectivity index (χ3v) is 4.04. The van der Waals surface area contributed by atoms with Crippen molar-refractivity contribution in [3.05, 3.63) is 0 Å². The van der Waals surface area contributed by atoms with Crippen LogP contribution in [-0.4, -0.2) is 42.3 Å². The minimum absolute atomic E-state index is 0.0374. The number of amides is 1. The quantitative estimate of drug-likeness (QED) is 0.809. The van der Waals surface area contributed by atoms with Crippen LogP contribution < -0.4 is 5.32 Å². The summed E-state index contributed by atoms with van der Waals surface area (Å²) in [7, 11) is 1.76. The molecule has 1 heterocycles. The summed E-state index contributed by atoms with van der Waals surface area (Å²) >= 11 is 0. The van der Waals surface area contributed by atoms with E-state index >= 15 is 0 Å². The van der Waals surface area contributed by atoms with Gasteiger partial charge in [-0.05, 0) is 32.6 Å². The number of hydrogen-bond acceptors (Lipinski definition) is 3. The molecule has 0 radical (unpaired) electrons. The Morgan fingerprint density at radius 1 is 1.47 bits per heavy atom. The van der Waals surface area contributed by atoms with Gasteiger partial charge in [0.05, 0.1) is 24.4 Å². The first-order chi connectivity index (χ1) is 8.19. The van der Waals surface area contributed by atoms with Gasteiger partial charge >= 0.3 is 0 Å². The summed E-state index contributed by atoms with van der Waals surface area (Å²) in [5.74, 6) is 0.248. The van der Waals surface area contributed by atoms with Gasteiger partial charge in [-0.2, -0.15) is 0 Å². The van der Waals surface area contributed by atoms with E-state index in [9.17, 15) is 4.79 Å². The molecule has 4 heteroatoms. The molecule has 0 bridgehead atoms. The lowest BCUT2D eigenvalue weighted by Gasteiger charge is -2.33. The maximum absolute atomic E-state index is 12.2. The summed E-state index contributed by atoms with van der Waals surface area (Å²) in [6, 6.07) is 0.242. The van der Waals surface area contributed by atoms with Gasteiger partial charge in [-0.15, -0.1) is 0 Å². The molecular formula is C13H24N2O2. The second-order valence-electron chi connectivity index (χ2n) is 5.21. The van der Waals surface area contributed by atoms with Gasteiger partial charge < -0.3 is 9.64 Å². The maximum atomic E-state index is 12.2. The van der Waals surface area contributed by atoms with Gasteiger partial charge in [0.15, 0.2) is 0 Å². The van der Waals surface area contributed by atoms with Crippen LogP contribution in [0.4, 0.5) is 0 Å². The lowest BCUT2D eigenvalue weighted by molar-refractivity contribution is -0.134. The Balaban J connectivity index is 2.12. The Morgan fingerprint density at radius 3 is 2.88 bits per heavy atom. The lowest BCUT2D eigenvalue weighted by Crippen LogP contribution is -2.48. The van der Waals surface area contributed by atoms with Gasteiger partial charge in [-0.25, -0.2) is 0 Å². The SMILES string of the molecule is CCCC1NC(C)C(=O)N1C1CCCC1OC. The molecule has 98 valence electrons. The van der Waals surface area contributed by atoms with Crippen molar-refractivity contribution in [3.63, 3.8) is 0 Å². The van der Waals surface area contributed by atoms with Crippen molar-refractivity contribution >= 4 is 5.91 Å². The zero-order valence-electron chi connectivity index (χ0n) is 11.1. The summed E-state index contributed by atoms with van der Waals surface area (Å²) in [5.41, 5.74) is 0. The van der Waals surface area contributed by atoms with Crippen LogP contribution in [0.15, 0.2) is 0 Å². The molecule has 1 aliphatic carbocycles. The second kappa shape index (κ2) is 5.36. The van der Waals surface area contributed by atoms with Crippen molar-refractivity contribution in [3.8, 4) is 0 Å². The van der Waals surface area contributed by atoms with E-state index < -0.39 is 0 Å². The van der Waals surface area contributed by atoms with Crippen LogP contribution in [0.2, 0.25) is 0 Å². The van der Waals surface area contributed by atoms with E-state index in [0.717, 1.165) is 25.7 Å². The highest BCUT2D eigenvalue weighted by molar-refractivity contribution is 5.84. The van der Waals surface area contributed by atoms with E-state index in [4.69, 9.17) is 4.74 Å². The molecule has 1 amide bonds. The summed E-state index contributed by atoms with van der Waals surface area (Å²) < 4.78 is 5.52. The van der Waals surface area contributed by atoms with E-state index in [1.165, 1.54) is 6.42 Å². The van der Waals surface area contributed by atoms with Crippen LogP contribution in [0.3, 0.4) is 0 Å². The predicted octanol–water partition coefficient (Wildman–Crippen LogP) is 1.50. The molecule has 4 nitrogen and oxygen atoms in total. The van der Waals surface area contributed by atoms with Crippen molar-refractivity contribution in [2.75, 3.05) is 7.11 Å². The van der Waals surface area contributed by atoms with Crippen molar-refractivity contribution in [1.29, 1.82) is 0 Å². The van der Waals surface area contributed by atoms with E-state index in [1.807, 2.05) is 6.92 Å². The van der Waals surface area contributed by atoms with Crippen LogP contribution >= 0.6 is 0 Å². The summed E-state index contributed by atoms with van der Waals surface area (Å²) in [6.07, 6.45) is 5.90. The van der Waals surface area contributed by atoms with Gasteiger partial charge in [0.2, 0.25) is 5.91 Å². The molecule has 2 rings (SSSR count). The minimum Gasteiger partial charge on any atom is -0.379 e. The largest absolute Gasteiger partial charge is 0.379 e. The van der Waals surface area contributed by atoms with Crippen LogP contribution in [0.5, 0.6) is 0 Å². The first-order valence-electron chi connectivity index (χ1n) is 6.80. The monoisotopic (exact) mass is 240 g/mol. The van der Waals surface area contributed by atoms with Gasteiger partial charge in [-0.3, -0.25) is 10.1 Å².